The maximum Gasteiger partial charge on any atom is 0.337 e. The zero-order valence-electron chi connectivity index (χ0n) is 13.6. The van der Waals surface area contributed by atoms with Gasteiger partial charge < -0.3 is 15.4 Å². The number of halogens is 1. The first kappa shape index (κ1) is 17.8. The van der Waals surface area contributed by atoms with E-state index in [1.54, 1.807) is 24.3 Å². The van der Waals surface area contributed by atoms with E-state index in [1.165, 1.54) is 7.11 Å². The first-order chi connectivity index (χ1) is 11.5. The summed E-state index contributed by atoms with van der Waals surface area (Å²) in [6.45, 7) is 2.43. The Bertz CT molecular complexity index is 730. The number of benzene rings is 2. The van der Waals surface area contributed by atoms with Crippen molar-refractivity contribution in [2.24, 2.45) is 0 Å². The predicted molar refractivity (Wildman–Crippen MR) is 95.7 cm³/mol. The van der Waals surface area contributed by atoms with E-state index in [2.05, 4.69) is 15.4 Å². The highest BCUT2D eigenvalue weighted by Gasteiger charge is 2.06. The fraction of sp³-hybridized carbons (Fsp3) is 0.222. The third-order valence-electron chi connectivity index (χ3n) is 3.44. The minimum Gasteiger partial charge on any atom is -0.465 e. The molecule has 0 heterocycles. The Hall–Kier alpha value is -2.53. The van der Waals surface area contributed by atoms with Gasteiger partial charge in [-0.15, -0.1) is 0 Å². The van der Waals surface area contributed by atoms with Crippen LogP contribution in [0.25, 0.3) is 0 Å². The Morgan fingerprint density at radius 1 is 1.08 bits per heavy atom. The molecule has 1 amide bonds. The summed E-state index contributed by atoms with van der Waals surface area (Å²) in [6, 6.07) is 12.2. The fourth-order valence-corrected chi connectivity index (χ4v) is 2.23. The van der Waals surface area contributed by atoms with Crippen LogP contribution in [-0.2, 0) is 9.53 Å². The van der Waals surface area contributed by atoms with Crippen molar-refractivity contribution in [3.8, 4) is 0 Å². The van der Waals surface area contributed by atoms with Crippen LogP contribution in [0.4, 0.5) is 11.4 Å². The van der Waals surface area contributed by atoms with Crippen molar-refractivity contribution in [3.05, 3.63) is 58.6 Å². The van der Waals surface area contributed by atoms with Gasteiger partial charge in [0, 0.05) is 29.4 Å². The number of carbonyl (C=O) groups excluding carboxylic acids is 2. The molecule has 0 spiro atoms. The van der Waals surface area contributed by atoms with Gasteiger partial charge in [-0.2, -0.15) is 0 Å². The summed E-state index contributed by atoms with van der Waals surface area (Å²) in [5.74, 6) is -0.527. The monoisotopic (exact) mass is 346 g/mol. The minimum absolute atomic E-state index is 0.119. The van der Waals surface area contributed by atoms with E-state index < -0.39 is 5.97 Å². The molecule has 0 aliphatic carbocycles. The lowest BCUT2D eigenvalue weighted by atomic mass is 10.2. The summed E-state index contributed by atoms with van der Waals surface area (Å²) in [4.78, 5) is 23.3. The lowest BCUT2D eigenvalue weighted by molar-refractivity contribution is -0.115. The highest BCUT2D eigenvalue weighted by Crippen LogP contribution is 2.19. The van der Waals surface area contributed by atoms with Crippen molar-refractivity contribution in [2.75, 3.05) is 24.3 Å². The molecular weight excluding hydrogens is 328 g/mol. The second-order valence-corrected chi connectivity index (χ2v) is 5.67. The van der Waals surface area contributed by atoms with Crippen LogP contribution < -0.4 is 10.6 Å². The quantitative estimate of drug-likeness (QED) is 0.779. The average Bonchev–Trinajstić information content (AvgIpc) is 2.58. The van der Waals surface area contributed by atoms with Gasteiger partial charge in [0.25, 0.3) is 0 Å². The van der Waals surface area contributed by atoms with E-state index in [1.807, 2.05) is 25.1 Å². The molecule has 24 heavy (non-hydrogen) atoms. The number of amides is 1. The van der Waals surface area contributed by atoms with Crippen LogP contribution >= 0.6 is 11.6 Å². The number of carbonyl (C=O) groups is 2. The Labute approximate surface area is 146 Å². The summed E-state index contributed by atoms with van der Waals surface area (Å²) in [6.07, 6.45) is 0.310. The predicted octanol–water partition coefficient (Wildman–Crippen LogP) is 3.88. The molecule has 126 valence electrons. The molecule has 5 nitrogen and oxygen atoms in total. The van der Waals surface area contributed by atoms with Gasteiger partial charge in [-0.1, -0.05) is 17.7 Å². The van der Waals surface area contributed by atoms with Crippen molar-refractivity contribution >= 4 is 34.9 Å². The number of nitrogens with one attached hydrogen (secondary N) is 2. The molecule has 0 atom stereocenters. The number of hydrogen-bond donors (Lipinski definition) is 2. The van der Waals surface area contributed by atoms with Crippen molar-refractivity contribution in [1.82, 2.24) is 0 Å². The number of methoxy groups -OCH3 is 1. The number of anilines is 2. The van der Waals surface area contributed by atoms with Crippen molar-refractivity contribution in [2.45, 2.75) is 13.3 Å². The molecule has 0 aliphatic heterocycles. The zero-order valence-corrected chi connectivity index (χ0v) is 14.3. The van der Waals surface area contributed by atoms with E-state index in [-0.39, 0.29) is 5.91 Å². The van der Waals surface area contributed by atoms with Crippen LogP contribution in [-0.4, -0.2) is 25.5 Å². The van der Waals surface area contributed by atoms with E-state index in [0.29, 0.717) is 29.2 Å². The maximum absolute atomic E-state index is 11.9. The number of esters is 1. The molecule has 0 saturated carbocycles. The Balaban J connectivity index is 1.80. The van der Waals surface area contributed by atoms with E-state index in [0.717, 1.165) is 11.3 Å². The standard InChI is InChI=1S/C18H19ClN2O3/c1-12-3-6-15(11-16(12)19)20-10-9-17(22)21-14-7-4-13(5-8-14)18(23)24-2/h3-8,11,20H,9-10H2,1-2H3,(H,21,22). The third-order valence-corrected chi connectivity index (χ3v) is 3.85. The van der Waals surface area contributed by atoms with Crippen LogP contribution in [0.5, 0.6) is 0 Å². The van der Waals surface area contributed by atoms with Gasteiger partial charge in [-0.25, -0.2) is 4.79 Å². The molecule has 0 aliphatic rings. The van der Waals surface area contributed by atoms with Crippen LogP contribution in [0.3, 0.4) is 0 Å². The molecule has 2 N–H and O–H groups in total. The van der Waals surface area contributed by atoms with Gasteiger partial charge in [0.05, 0.1) is 12.7 Å². The molecule has 6 heteroatoms. The number of aryl methyl sites for hydroxylation is 1. The van der Waals surface area contributed by atoms with E-state index >= 15 is 0 Å². The van der Waals surface area contributed by atoms with Crippen molar-refractivity contribution in [3.63, 3.8) is 0 Å². The summed E-state index contributed by atoms with van der Waals surface area (Å²) in [5.41, 5.74) is 2.95. The Morgan fingerprint density at radius 2 is 1.75 bits per heavy atom. The smallest absolute Gasteiger partial charge is 0.337 e. The second kappa shape index (κ2) is 8.36. The van der Waals surface area contributed by atoms with Crippen molar-refractivity contribution in [1.29, 1.82) is 0 Å². The lowest BCUT2D eigenvalue weighted by Crippen LogP contribution is -2.16. The third kappa shape index (κ3) is 4.99. The maximum atomic E-state index is 11.9. The van der Waals surface area contributed by atoms with Crippen molar-refractivity contribution < 1.29 is 14.3 Å². The topological polar surface area (TPSA) is 67.4 Å². The van der Waals surface area contributed by atoms with Gasteiger partial charge in [0.15, 0.2) is 0 Å². The molecule has 0 saturated heterocycles. The lowest BCUT2D eigenvalue weighted by Gasteiger charge is -2.09. The Kier molecular flexibility index (Phi) is 6.21. The number of hydrogen-bond acceptors (Lipinski definition) is 4. The van der Waals surface area contributed by atoms with Crippen LogP contribution in [0.1, 0.15) is 22.3 Å². The molecule has 0 radical (unpaired) electrons. The highest BCUT2D eigenvalue weighted by molar-refractivity contribution is 6.31. The zero-order chi connectivity index (χ0) is 17.5. The van der Waals surface area contributed by atoms with Gasteiger partial charge in [0.1, 0.15) is 0 Å². The first-order valence-electron chi connectivity index (χ1n) is 7.48. The van der Waals surface area contributed by atoms with Gasteiger partial charge in [-0.3, -0.25) is 4.79 Å². The molecular formula is C18H19ClN2O3. The minimum atomic E-state index is -0.408. The number of rotatable bonds is 6. The van der Waals surface area contributed by atoms with Crippen LogP contribution in [0.2, 0.25) is 5.02 Å². The molecule has 0 unspecified atom stereocenters. The molecule has 0 aromatic heterocycles. The highest BCUT2D eigenvalue weighted by atomic mass is 35.5. The molecule has 0 fully saturated rings. The summed E-state index contributed by atoms with van der Waals surface area (Å²) in [7, 11) is 1.33. The number of ether oxygens (including phenoxy) is 1. The molecule has 2 aromatic rings. The normalized spacial score (nSPS) is 10.1. The van der Waals surface area contributed by atoms with Crippen LogP contribution in [0.15, 0.2) is 42.5 Å². The molecule has 2 rings (SSSR count). The summed E-state index contributed by atoms with van der Waals surface area (Å²) >= 11 is 6.06. The van der Waals surface area contributed by atoms with E-state index in [4.69, 9.17) is 11.6 Å². The van der Waals surface area contributed by atoms with Gasteiger partial charge in [0.2, 0.25) is 5.91 Å². The summed E-state index contributed by atoms with van der Waals surface area (Å²) < 4.78 is 4.62. The largest absolute Gasteiger partial charge is 0.465 e. The van der Waals surface area contributed by atoms with Gasteiger partial charge in [-0.05, 0) is 48.9 Å². The second-order valence-electron chi connectivity index (χ2n) is 5.26. The van der Waals surface area contributed by atoms with Crippen LogP contribution in [0, 0.1) is 6.92 Å². The average molecular weight is 347 g/mol. The van der Waals surface area contributed by atoms with Gasteiger partial charge >= 0.3 is 5.97 Å². The molecule has 2 aromatic carbocycles. The summed E-state index contributed by atoms with van der Waals surface area (Å²) in [5, 5.41) is 6.62. The first-order valence-corrected chi connectivity index (χ1v) is 7.85. The fourth-order valence-electron chi connectivity index (χ4n) is 2.05. The SMILES string of the molecule is COC(=O)c1ccc(NC(=O)CCNc2ccc(C)c(Cl)c2)cc1. The van der Waals surface area contributed by atoms with E-state index in [9.17, 15) is 9.59 Å². The Morgan fingerprint density at radius 3 is 2.38 bits per heavy atom. The molecule has 0 bridgehead atoms.